The lowest BCUT2D eigenvalue weighted by Crippen LogP contribution is -2.15. The van der Waals surface area contributed by atoms with E-state index in [1.807, 2.05) is 13.0 Å². The lowest BCUT2D eigenvalue weighted by molar-refractivity contribution is -0.137. The number of aromatic nitrogens is 5. The zero-order valence-corrected chi connectivity index (χ0v) is 18.8. The van der Waals surface area contributed by atoms with Crippen molar-refractivity contribution in [1.82, 2.24) is 24.3 Å². The van der Waals surface area contributed by atoms with Crippen LogP contribution in [-0.4, -0.2) is 24.3 Å². The zero-order valence-electron chi connectivity index (χ0n) is 18.8. The third-order valence-corrected chi connectivity index (χ3v) is 5.62. The van der Waals surface area contributed by atoms with Gasteiger partial charge in [0.15, 0.2) is 0 Å². The van der Waals surface area contributed by atoms with Crippen LogP contribution < -0.4 is 10.3 Å². The number of pyridine rings is 1. The molecule has 0 radical (unpaired) electrons. The molecule has 1 N–H and O–H groups in total. The molecule has 0 aliphatic heterocycles. The number of aromatic amines is 1. The summed E-state index contributed by atoms with van der Waals surface area (Å²) in [4.78, 5) is 19.5. The van der Waals surface area contributed by atoms with E-state index in [0.29, 0.717) is 29.0 Å². The minimum Gasteiger partial charge on any atom is -0.457 e. The van der Waals surface area contributed by atoms with Crippen LogP contribution in [0.15, 0.2) is 71.9 Å². The third-order valence-electron chi connectivity index (χ3n) is 5.62. The third kappa shape index (κ3) is 4.42. The van der Waals surface area contributed by atoms with Gasteiger partial charge in [0.2, 0.25) is 0 Å². The van der Waals surface area contributed by atoms with Gasteiger partial charge in [0.25, 0.3) is 5.56 Å². The molecular formula is C25H20F3N5O2. The number of imidazole rings is 1. The van der Waals surface area contributed by atoms with Gasteiger partial charge in [-0.3, -0.25) is 9.48 Å². The van der Waals surface area contributed by atoms with Gasteiger partial charge >= 0.3 is 6.18 Å². The van der Waals surface area contributed by atoms with Crippen LogP contribution in [0.4, 0.5) is 13.2 Å². The molecule has 0 saturated carbocycles. The van der Waals surface area contributed by atoms with E-state index in [4.69, 9.17) is 9.84 Å². The molecule has 0 unspecified atom stereocenters. The molecule has 5 aromatic rings. The fourth-order valence-corrected chi connectivity index (χ4v) is 4.01. The molecule has 3 heterocycles. The monoisotopic (exact) mass is 479 g/mol. The summed E-state index contributed by atoms with van der Waals surface area (Å²) < 4.78 is 47.9. The van der Waals surface area contributed by atoms with Gasteiger partial charge in [-0.05, 0) is 61.0 Å². The smallest absolute Gasteiger partial charge is 0.416 e. The summed E-state index contributed by atoms with van der Waals surface area (Å²) >= 11 is 0. The highest BCUT2D eigenvalue weighted by Crippen LogP contribution is 2.35. The molecule has 0 bridgehead atoms. The predicted octanol–water partition coefficient (Wildman–Crippen LogP) is 5.29. The molecule has 0 aliphatic rings. The number of benzene rings is 2. The Bertz CT molecular complexity index is 1570. The van der Waals surface area contributed by atoms with Crippen LogP contribution in [-0.2, 0) is 19.8 Å². The van der Waals surface area contributed by atoms with Crippen LogP contribution in [0.1, 0.15) is 16.8 Å². The molecular weight excluding hydrogens is 459 g/mol. The molecule has 0 atom stereocenters. The standard InChI is InChI=1S/C25H20F3N5O2/c1-15-9-16(11-20(10-15)35-19-5-3-17(4-6-19)25(26,27)28)23-24-21(7-8-22(34)32(24)2)31-33(23)13-18-12-29-14-30-18/h3-12,14H,13H2,1-2H3,(H,29,30). The van der Waals surface area contributed by atoms with E-state index in [1.165, 1.54) is 18.2 Å². The quantitative estimate of drug-likeness (QED) is 0.372. The average molecular weight is 479 g/mol. The number of hydrogen-bond acceptors (Lipinski definition) is 4. The number of nitrogens with zero attached hydrogens (tertiary/aromatic N) is 4. The lowest BCUT2D eigenvalue weighted by atomic mass is 10.1. The summed E-state index contributed by atoms with van der Waals surface area (Å²) in [5, 5.41) is 4.70. The molecule has 0 aliphatic carbocycles. The Morgan fingerprint density at radius 3 is 2.49 bits per heavy atom. The van der Waals surface area contributed by atoms with Gasteiger partial charge in [0.05, 0.1) is 35.3 Å². The summed E-state index contributed by atoms with van der Waals surface area (Å²) in [6, 6.07) is 13.2. The average Bonchev–Trinajstić information content (AvgIpc) is 3.44. The maximum Gasteiger partial charge on any atom is 0.416 e. The van der Waals surface area contributed by atoms with Crippen molar-refractivity contribution in [3.05, 3.63) is 94.3 Å². The minimum absolute atomic E-state index is 0.172. The first-order valence-corrected chi connectivity index (χ1v) is 10.7. The van der Waals surface area contributed by atoms with Crippen LogP contribution in [0.2, 0.25) is 0 Å². The van der Waals surface area contributed by atoms with Gasteiger partial charge in [-0.15, -0.1) is 0 Å². The van der Waals surface area contributed by atoms with Crippen LogP contribution in [0, 0.1) is 6.92 Å². The topological polar surface area (TPSA) is 77.7 Å². The van der Waals surface area contributed by atoms with Gasteiger partial charge in [-0.2, -0.15) is 18.3 Å². The SMILES string of the molecule is Cc1cc(Oc2ccc(C(F)(F)F)cc2)cc(-c2c3c(ccc(=O)n3C)nn2Cc2cnc[nH]2)c1. The Morgan fingerprint density at radius 1 is 1.03 bits per heavy atom. The second kappa shape index (κ2) is 8.46. The Balaban J connectivity index is 1.60. The fourth-order valence-electron chi connectivity index (χ4n) is 4.01. The summed E-state index contributed by atoms with van der Waals surface area (Å²) in [7, 11) is 1.69. The largest absolute Gasteiger partial charge is 0.457 e. The van der Waals surface area contributed by atoms with Gasteiger partial charge < -0.3 is 14.3 Å². The summed E-state index contributed by atoms with van der Waals surface area (Å²) in [6.45, 7) is 2.28. The lowest BCUT2D eigenvalue weighted by Gasteiger charge is -2.13. The van der Waals surface area contributed by atoms with E-state index >= 15 is 0 Å². The van der Waals surface area contributed by atoms with E-state index in [1.54, 1.807) is 47.0 Å². The number of alkyl halides is 3. The first-order valence-electron chi connectivity index (χ1n) is 10.7. The first-order chi connectivity index (χ1) is 16.7. The van der Waals surface area contributed by atoms with Crippen molar-refractivity contribution >= 4 is 11.0 Å². The zero-order chi connectivity index (χ0) is 24.7. The highest BCUT2D eigenvalue weighted by atomic mass is 19.4. The van der Waals surface area contributed by atoms with Crippen molar-refractivity contribution in [2.24, 2.45) is 7.05 Å². The Morgan fingerprint density at radius 2 is 1.80 bits per heavy atom. The van der Waals surface area contributed by atoms with E-state index < -0.39 is 11.7 Å². The summed E-state index contributed by atoms with van der Waals surface area (Å²) in [6.07, 6.45) is -1.14. The summed E-state index contributed by atoms with van der Waals surface area (Å²) in [5.41, 5.74) is 3.53. The van der Waals surface area contributed by atoms with Crippen LogP contribution in [0.3, 0.4) is 0 Å². The Labute approximate surface area is 197 Å². The van der Waals surface area contributed by atoms with Crippen molar-refractivity contribution in [3.8, 4) is 22.8 Å². The molecule has 7 nitrogen and oxygen atoms in total. The number of fused-ring (bicyclic) bond motifs is 1. The summed E-state index contributed by atoms with van der Waals surface area (Å²) in [5.74, 6) is 0.723. The van der Waals surface area contributed by atoms with E-state index in [-0.39, 0.29) is 11.3 Å². The number of nitrogens with one attached hydrogen (secondary N) is 1. The molecule has 178 valence electrons. The second-order valence-electron chi connectivity index (χ2n) is 8.21. The van der Waals surface area contributed by atoms with Gasteiger partial charge in [0, 0.05) is 24.9 Å². The molecule has 0 fully saturated rings. The number of H-pyrrole nitrogens is 1. The highest BCUT2D eigenvalue weighted by Gasteiger charge is 2.30. The van der Waals surface area contributed by atoms with Crippen molar-refractivity contribution < 1.29 is 17.9 Å². The van der Waals surface area contributed by atoms with Crippen molar-refractivity contribution in [3.63, 3.8) is 0 Å². The van der Waals surface area contributed by atoms with Crippen molar-refractivity contribution in [1.29, 1.82) is 0 Å². The fraction of sp³-hybridized carbons (Fsp3) is 0.160. The number of ether oxygens (including phenoxy) is 1. The van der Waals surface area contributed by atoms with Crippen molar-refractivity contribution in [2.75, 3.05) is 0 Å². The predicted molar refractivity (Wildman–Crippen MR) is 124 cm³/mol. The molecule has 35 heavy (non-hydrogen) atoms. The first kappa shape index (κ1) is 22.5. The maximum atomic E-state index is 12.9. The molecule has 0 saturated heterocycles. The van der Waals surface area contributed by atoms with Gasteiger partial charge in [0.1, 0.15) is 17.0 Å². The minimum atomic E-state index is -4.42. The Kier molecular flexibility index (Phi) is 5.43. The number of hydrogen-bond donors (Lipinski definition) is 1. The highest BCUT2D eigenvalue weighted by molar-refractivity contribution is 5.91. The molecule has 10 heteroatoms. The molecule has 0 amide bonds. The van der Waals surface area contributed by atoms with Gasteiger partial charge in [-0.25, -0.2) is 4.98 Å². The van der Waals surface area contributed by atoms with E-state index in [0.717, 1.165) is 29.0 Å². The van der Waals surface area contributed by atoms with Crippen LogP contribution in [0.5, 0.6) is 11.5 Å². The second-order valence-corrected chi connectivity index (χ2v) is 8.21. The maximum absolute atomic E-state index is 12.9. The number of halogens is 3. The van der Waals surface area contributed by atoms with Crippen LogP contribution in [0.25, 0.3) is 22.3 Å². The molecule has 2 aromatic carbocycles. The van der Waals surface area contributed by atoms with Gasteiger partial charge in [-0.1, -0.05) is 0 Å². The molecule has 0 spiro atoms. The number of rotatable bonds is 5. The Hall–Kier alpha value is -4.34. The normalized spacial score (nSPS) is 11.8. The van der Waals surface area contributed by atoms with E-state index in [9.17, 15) is 18.0 Å². The molecule has 3 aromatic heterocycles. The van der Waals surface area contributed by atoms with Crippen molar-refractivity contribution in [2.45, 2.75) is 19.6 Å². The van der Waals surface area contributed by atoms with Crippen LogP contribution >= 0.6 is 0 Å². The molecule has 5 rings (SSSR count). The van der Waals surface area contributed by atoms with E-state index in [2.05, 4.69) is 9.97 Å². The number of aryl methyl sites for hydroxylation is 2.